The average molecular weight is 236 g/mol. The van der Waals surface area contributed by atoms with Gasteiger partial charge in [0.1, 0.15) is 0 Å². The summed E-state index contributed by atoms with van der Waals surface area (Å²) in [6.07, 6.45) is 9.09. The van der Waals surface area contributed by atoms with Crippen LogP contribution < -0.4 is 5.73 Å². The zero-order valence-corrected chi connectivity index (χ0v) is 11.0. The van der Waals surface area contributed by atoms with Crippen molar-refractivity contribution >= 4 is 0 Å². The van der Waals surface area contributed by atoms with Crippen molar-refractivity contribution < 1.29 is 0 Å². The fourth-order valence-corrected chi connectivity index (χ4v) is 2.87. The second kappa shape index (κ2) is 5.65. The number of hydrogen-bond acceptors (Lipinski definition) is 3. The molecule has 2 N–H and O–H groups in total. The SMILES string of the molecule is CC1CCCCCN1C(CN)c1cncn1C. The van der Waals surface area contributed by atoms with Crippen LogP contribution in [-0.4, -0.2) is 33.6 Å². The molecular formula is C13H24N4. The van der Waals surface area contributed by atoms with E-state index in [1.54, 1.807) is 0 Å². The molecule has 2 atom stereocenters. The van der Waals surface area contributed by atoms with Crippen molar-refractivity contribution in [3.63, 3.8) is 0 Å². The van der Waals surface area contributed by atoms with Crippen molar-refractivity contribution in [1.82, 2.24) is 14.5 Å². The summed E-state index contributed by atoms with van der Waals surface area (Å²) >= 11 is 0. The standard InChI is InChI=1S/C13H24N4/c1-11-6-4-3-5-7-17(11)12(8-14)13-9-15-10-16(13)2/h9-12H,3-8,14H2,1-2H3. The normalized spacial score (nSPS) is 24.5. The zero-order chi connectivity index (χ0) is 12.3. The summed E-state index contributed by atoms with van der Waals surface area (Å²) in [6, 6.07) is 0.941. The maximum atomic E-state index is 5.99. The molecule has 0 amide bonds. The Bertz CT molecular complexity index is 347. The number of hydrogen-bond donors (Lipinski definition) is 1. The molecule has 4 heteroatoms. The predicted molar refractivity (Wildman–Crippen MR) is 69.6 cm³/mol. The Kier molecular flexibility index (Phi) is 4.18. The van der Waals surface area contributed by atoms with Gasteiger partial charge >= 0.3 is 0 Å². The number of nitrogens with zero attached hydrogens (tertiary/aromatic N) is 3. The third kappa shape index (κ3) is 2.69. The van der Waals surface area contributed by atoms with Gasteiger partial charge in [-0.25, -0.2) is 4.98 Å². The van der Waals surface area contributed by atoms with E-state index in [1.807, 2.05) is 19.6 Å². The number of aromatic nitrogens is 2. The molecule has 1 fully saturated rings. The van der Waals surface area contributed by atoms with Gasteiger partial charge < -0.3 is 10.3 Å². The fraction of sp³-hybridized carbons (Fsp3) is 0.769. The van der Waals surface area contributed by atoms with Crippen LogP contribution in [0.3, 0.4) is 0 Å². The van der Waals surface area contributed by atoms with E-state index in [2.05, 4.69) is 21.4 Å². The maximum Gasteiger partial charge on any atom is 0.0946 e. The zero-order valence-electron chi connectivity index (χ0n) is 11.0. The molecule has 0 bridgehead atoms. The third-order valence-corrected chi connectivity index (χ3v) is 3.92. The monoisotopic (exact) mass is 236 g/mol. The molecule has 96 valence electrons. The summed E-state index contributed by atoms with van der Waals surface area (Å²) in [6.45, 7) is 4.16. The van der Waals surface area contributed by atoms with Crippen molar-refractivity contribution in [2.24, 2.45) is 12.8 Å². The van der Waals surface area contributed by atoms with Gasteiger partial charge in [-0.2, -0.15) is 0 Å². The van der Waals surface area contributed by atoms with E-state index in [4.69, 9.17) is 5.73 Å². The van der Waals surface area contributed by atoms with E-state index in [9.17, 15) is 0 Å². The lowest BCUT2D eigenvalue weighted by atomic mass is 10.1. The van der Waals surface area contributed by atoms with Crippen LogP contribution in [-0.2, 0) is 7.05 Å². The van der Waals surface area contributed by atoms with E-state index in [1.165, 1.54) is 31.4 Å². The van der Waals surface area contributed by atoms with Crippen molar-refractivity contribution in [1.29, 1.82) is 0 Å². The van der Waals surface area contributed by atoms with Crippen LogP contribution >= 0.6 is 0 Å². The summed E-state index contributed by atoms with van der Waals surface area (Å²) < 4.78 is 2.09. The quantitative estimate of drug-likeness (QED) is 0.868. The van der Waals surface area contributed by atoms with E-state index in [-0.39, 0.29) is 0 Å². The molecule has 1 saturated heterocycles. The van der Waals surface area contributed by atoms with Gasteiger partial charge in [-0.05, 0) is 26.3 Å². The Morgan fingerprint density at radius 1 is 1.47 bits per heavy atom. The molecule has 1 aromatic heterocycles. The Labute approximate surface area is 104 Å². The molecule has 0 radical (unpaired) electrons. The maximum absolute atomic E-state index is 5.99. The molecule has 0 spiro atoms. The topological polar surface area (TPSA) is 47.1 Å². The summed E-state index contributed by atoms with van der Waals surface area (Å²) in [5.74, 6) is 0. The van der Waals surface area contributed by atoms with Crippen LogP contribution in [0.2, 0.25) is 0 Å². The molecule has 1 aliphatic rings. The second-order valence-electron chi connectivity index (χ2n) is 5.12. The van der Waals surface area contributed by atoms with E-state index in [0.717, 1.165) is 6.54 Å². The molecule has 1 aliphatic heterocycles. The van der Waals surface area contributed by atoms with E-state index < -0.39 is 0 Å². The molecule has 0 aliphatic carbocycles. The Hall–Kier alpha value is -0.870. The van der Waals surface area contributed by atoms with Crippen molar-refractivity contribution in [2.45, 2.75) is 44.7 Å². The number of likely N-dealkylation sites (tertiary alicyclic amines) is 1. The lowest BCUT2D eigenvalue weighted by Gasteiger charge is -2.34. The smallest absolute Gasteiger partial charge is 0.0946 e. The van der Waals surface area contributed by atoms with Crippen LogP contribution in [0.15, 0.2) is 12.5 Å². The minimum absolute atomic E-state index is 0.315. The fourth-order valence-electron chi connectivity index (χ4n) is 2.87. The van der Waals surface area contributed by atoms with Gasteiger partial charge in [0.25, 0.3) is 0 Å². The highest BCUT2D eigenvalue weighted by molar-refractivity contribution is 5.06. The minimum atomic E-state index is 0.315. The first-order valence-electron chi connectivity index (χ1n) is 6.66. The van der Waals surface area contributed by atoms with Gasteiger partial charge in [0, 0.05) is 25.8 Å². The van der Waals surface area contributed by atoms with Crippen LogP contribution in [0.1, 0.15) is 44.3 Å². The van der Waals surface area contributed by atoms with Crippen LogP contribution in [0, 0.1) is 0 Å². The van der Waals surface area contributed by atoms with Crippen LogP contribution in [0.25, 0.3) is 0 Å². The minimum Gasteiger partial charge on any atom is -0.336 e. The Morgan fingerprint density at radius 2 is 2.29 bits per heavy atom. The van der Waals surface area contributed by atoms with Gasteiger partial charge in [-0.15, -0.1) is 0 Å². The largest absolute Gasteiger partial charge is 0.336 e. The number of nitrogens with two attached hydrogens (primary N) is 1. The highest BCUT2D eigenvalue weighted by Crippen LogP contribution is 2.26. The second-order valence-corrected chi connectivity index (χ2v) is 5.12. The number of imidazole rings is 1. The van der Waals surface area contributed by atoms with Gasteiger partial charge in [-0.3, -0.25) is 4.90 Å². The molecule has 1 aromatic rings. The van der Waals surface area contributed by atoms with Crippen molar-refractivity contribution in [3.8, 4) is 0 Å². The highest BCUT2D eigenvalue weighted by Gasteiger charge is 2.26. The van der Waals surface area contributed by atoms with Crippen molar-refractivity contribution in [3.05, 3.63) is 18.2 Å². The molecule has 2 rings (SSSR count). The number of aryl methyl sites for hydroxylation is 1. The summed E-state index contributed by atoms with van der Waals surface area (Å²) in [7, 11) is 2.05. The van der Waals surface area contributed by atoms with Crippen molar-refractivity contribution in [2.75, 3.05) is 13.1 Å². The summed E-state index contributed by atoms with van der Waals surface area (Å²) in [5, 5.41) is 0. The summed E-state index contributed by atoms with van der Waals surface area (Å²) in [4.78, 5) is 6.77. The van der Waals surface area contributed by atoms with Gasteiger partial charge in [0.15, 0.2) is 0 Å². The van der Waals surface area contributed by atoms with Crippen LogP contribution in [0.5, 0.6) is 0 Å². The number of rotatable bonds is 3. The molecule has 17 heavy (non-hydrogen) atoms. The van der Waals surface area contributed by atoms with E-state index >= 15 is 0 Å². The van der Waals surface area contributed by atoms with Gasteiger partial charge in [0.05, 0.1) is 18.1 Å². The third-order valence-electron chi connectivity index (χ3n) is 3.92. The molecular weight excluding hydrogens is 212 g/mol. The highest BCUT2D eigenvalue weighted by atomic mass is 15.2. The lowest BCUT2D eigenvalue weighted by Crippen LogP contribution is -2.40. The van der Waals surface area contributed by atoms with E-state index in [0.29, 0.717) is 18.6 Å². The summed E-state index contributed by atoms with van der Waals surface area (Å²) in [5.41, 5.74) is 7.23. The van der Waals surface area contributed by atoms with Gasteiger partial charge in [0.2, 0.25) is 0 Å². The van der Waals surface area contributed by atoms with Crippen LogP contribution in [0.4, 0.5) is 0 Å². The first-order chi connectivity index (χ1) is 8.24. The molecule has 2 unspecified atom stereocenters. The Balaban J connectivity index is 2.19. The Morgan fingerprint density at radius 3 is 2.94 bits per heavy atom. The molecule has 4 nitrogen and oxygen atoms in total. The molecule has 2 heterocycles. The average Bonchev–Trinajstić information content (AvgIpc) is 2.61. The lowest BCUT2D eigenvalue weighted by molar-refractivity contribution is 0.146. The first-order valence-corrected chi connectivity index (χ1v) is 6.66. The first kappa shape index (κ1) is 12.6. The predicted octanol–water partition coefficient (Wildman–Crippen LogP) is 1.68. The van der Waals surface area contributed by atoms with Gasteiger partial charge in [-0.1, -0.05) is 12.8 Å². The molecule has 0 saturated carbocycles. The molecule has 0 aromatic carbocycles.